The minimum atomic E-state index is -0.0804. The van der Waals surface area contributed by atoms with Gasteiger partial charge in [0, 0.05) is 11.5 Å². The van der Waals surface area contributed by atoms with Crippen LogP contribution in [0, 0.1) is 13.8 Å². The molecule has 4 rings (SSSR count). The van der Waals surface area contributed by atoms with E-state index in [0.717, 1.165) is 33.5 Å². The SMILES string of the molecule is Cc1cc(=O)n(Cc2ccc(Cl)c(Cl)c2)c2c1c(C)nn2-c1ccccc1. The average Bonchev–Trinajstić information content (AvgIpc) is 3.00. The maximum absolute atomic E-state index is 12.9. The molecule has 0 N–H and O–H groups in total. The zero-order valence-corrected chi connectivity index (χ0v) is 16.4. The third-order valence-corrected chi connectivity index (χ3v) is 5.36. The summed E-state index contributed by atoms with van der Waals surface area (Å²) in [6.45, 7) is 4.28. The third kappa shape index (κ3) is 3.15. The van der Waals surface area contributed by atoms with Gasteiger partial charge < -0.3 is 0 Å². The molecule has 0 amide bonds. The molecule has 6 heteroatoms. The second-order valence-corrected chi connectivity index (χ2v) is 7.35. The number of hydrogen-bond acceptors (Lipinski definition) is 2. The van der Waals surface area contributed by atoms with Crippen molar-refractivity contribution in [2.24, 2.45) is 0 Å². The van der Waals surface area contributed by atoms with Gasteiger partial charge in [-0.1, -0.05) is 47.5 Å². The Morgan fingerprint density at radius 3 is 2.41 bits per heavy atom. The lowest BCUT2D eigenvalue weighted by Gasteiger charge is -2.13. The van der Waals surface area contributed by atoms with Crippen molar-refractivity contribution in [3.05, 3.63) is 91.8 Å². The fourth-order valence-corrected chi connectivity index (χ4v) is 3.71. The van der Waals surface area contributed by atoms with Crippen LogP contribution in [0.4, 0.5) is 0 Å². The molecule has 2 heterocycles. The monoisotopic (exact) mass is 397 g/mol. The van der Waals surface area contributed by atoms with Crippen LogP contribution in [0.15, 0.2) is 59.4 Å². The van der Waals surface area contributed by atoms with Crippen LogP contribution < -0.4 is 5.56 Å². The van der Waals surface area contributed by atoms with Crippen molar-refractivity contribution in [1.82, 2.24) is 14.3 Å². The standard InChI is InChI=1S/C21H17Cl2N3O/c1-13-10-19(27)25(12-15-8-9-17(22)18(23)11-15)21-20(13)14(2)24-26(21)16-6-4-3-5-7-16/h3-11H,12H2,1-2H3. The lowest BCUT2D eigenvalue weighted by molar-refractivity contribution is 0.750. The Hall–Kier alpha value is -2.56. The van der Waals surface area contributed by atoms with Gasteiger partial charge in [0.15, 0.2) is 0 Å². The van der Waals surface area contributed by atoms with Gasteiger partial charge in [0.2, 0.25) is 0 Å². The first kappa shape index (κ1) is 17.8. The minimum Gasteiger partial charge on any atom is -0.288 e. The molecule has 0 spiro atoms. The summed E-state index contributed by atoms with van der Waals surface area (Å²) in [5.41, 5.74) is 4.30. The number of halogens is 2. The van der Waals surface area contributed by atoms with E-state index in [0.29, 0.717) is 16.6 Å². The molecule has 0 saturated heterocycles. The molecule has 0 fully saturated rings. The number of aromatic nitrogens is 3. The van der Waals surface area contributed by atoms with E-state index in [2.05, 4.69) is 0 Å². The average molecular weight is 398 g/mol. The van der Waals surface area contributed by atoms with Crippen LogP contribution in [-0.4, -0.2) is 14.3 Å². The van der Waals surface area contributed by atoms with Gasteiger partial charge in [-0.15, -0.1) is 0 Å². The van der Waals surface area contributed by atoms with E-state index in [1.165, 1.54) is 0 Å². The lowest BCUT2D eigenvalue weighted by Crippen LogP contribution is -2.22. The highest BCUT2D eigenvalue weighted by atomic mass is 35.5. The van der Waals surface area contributed by atoms with Crippen LogP contribution in [0.3, 0.4) is 0 Å². The van der Waals surface area contributed by atoms with Crippen molar-refractivity contribution in [3.63, 3.8) is 0 Å². The van der Waals surface area contributed by atoms with Crippen molar-refractivity contribution in [2.75, 3.05) is 0 Å². The Balaban J connectivity index is 1.99. The highest BCUT2D eigenvalue weighted by Crippen LogP contribution is 2.26. The van der Waals surface area contributed by atoms with Crippen molar-refractivity contribution in [3.8, 4) is 5.69 Å². The van der Waals surface area contributed by atoms with Crippen LogP contribution in [0.25, 0.3) is 16.7 Å². The summed E-state index contributed by atoms with van der Waals surface area (Å²) in [6, 6.07) is 16.9. The fraction of sp³-hybridized carbons (Fsp3) is 0.143. The van der Waals surface area contributed by atoms with Gasteiger partial charge in [-0.25, -0.2) is 4.68 Å². The number of hydrogen-bond donors (Lipinski definition) is 0. The Morgan fingerprint density at radius 2 is 1.70 bits per heavy atom. The summed E-state index contributed by atoms with van der Waals surface area (Å²) in [7, 11) is 0. The Bertz CT molecular complexity index is 1210. The van der Waals surface area contributed by atoms with Gasteiger partial charge in [0.25, 0.3) is 5.56 Å². The summed E-state index contributed by atoms with van der Waals surface area (Å²) in [4.78, 5) is 12.9. The molecule has 0 unspecified atom stereocenters. The van der Waals surface area contributed by atoms with Gasteiger partial charge in [-0.3, -0.25) is 9.36 Å². The van der Waals surface area contributed by atoms with Gasteiger partial charge in [0.1, 0.15) is 5.65 Å². The fourth-order valence-electron chi connectivity index (χ4n) is 3.39. The number of nitrogens with zero attached hydrogens (tertiary/aromatic N) is 3. The van der Waals surface area contributed by atoms with Gasteiger partial charge in [-0.2, -0.15) is 5.10 Å². The first-order chi connectivity index (χ1) is 13.0. The summed E-state index contributed by atoms with van der Waals surface area (Å²) < 4.78 is 3.56. The predicted octanol–water partition coefficient (Wildman–Crippen LogP) is 5.16. The minimum absolute atomic E-state index is 0.0804. The molecule has 4 aromatic rings. The van der Waals surface area contributed by atoms with E-state index in [1.54, 1.807) is 22.8 Å². The number of fused-ring (bicyclic) bond motifs is 1. The molecule has 2 aromatic heterocycles. The molecule has 0 radical (unpaired) electrons. The molecule has 0 bridgehead atoms. The Kier molecular flexibility index (Phi) is 4.54. The molecule has 136 valence electrons. The second kappa shape index (κ2) is 6.87. The van der Waals surface area contributed by atoms with E-state index in [9.17, 15) is 4.79 Å². The highest BCUT2D eigenvalue weighted by Gasteiger charge is 2.17. The van der Waals surface area contributed by atoms with Gasteiger partial charge in [-0.05, 0) is 49.2 Å². The number of pyridine rings is 1. The molecule has 0 aliphatic heterocycles. The number of rotatable bonds is 3. The van der Waals surface area contributed by atoms with Gasteiger partial charge >= 0.3 is 0 Å². The first-order valence-corrected chi connectivity index (χ1v) is 9.30. The van der Waals surface area contributed by atoms with E-state index in [-0.39, 0.29) is 5.56 Å². The normalized spacial score (nSPS) is 11.3. The maximum atomic E-state index is 12.9. The van der Waals surface area contributed by atoms with Gasteiger partial charge in [0.05, 0.1) is 28.0 Å². The van der Waals surface area contributed by atoms with E-state index in [4.69, 9.17) is 28.3 Å². The van der Waals surface area contributed by atoms with Crippen LogP contribution in [0.2, 0.25) is 10.0 Å². The molecular formula is C21H17Cl2N3O. The summed E-state index contributed by atoms with van der Waals surface area (Å²) in [5, 5.41) is 6.65. The Morgan fingerprint density at radius 1 is 0.963 bits per heavy atom. The molecule has 4 nitrogen and oxygen atoms in total. The lowest BCUT2D eigenvalue weighted by atomic mass is 10.1. The smallest absolute Gasteiger partial charge is 0.252 e. The number of benzene rings is 2. The summed E-state index contributed by atoms with van der Waals surface area (Å²) in [5.74, 6) is 0. The largest absolute Gasteiger partial charge is 0.288 e. The predicted molar refractivity (Wildman–Crippen MR) is 110 cm³/mol. The molecule has 27 heavy (non-hydrogen) atoms. The number of para-hydroxylation sites is 1. The summed E-state index contributed by atoms with van der Waals surface area (Å²) in [6.07, 6.45) is 0. The van der Waals surface area contributed by atoms with Crippen molar-refractivity contribution < 1.29 is 0 Å². The van der Waals surface area contributed by atoms with Crippen LogP contribution in [0.1, 0.15) is 16.8 Å². The van der Waals surface area contributed by atoms with E-state index < -0.39 is 0 Å². The molecular weight excluding hydrogens is 381 g/mol. The van der Waals surface area contributed by atoms with Crippen molar-refractivity contribution >= 4 is 34.2 Å². The molecule has 0 saturated carbocycles. The van der Waals surface area contributed by atoms with E-state index in [1.807, 2.05) is 54.9 Å². The zero-order valence-electron chi connectivity index (χ0n) is 14.9. The van der Waals surface area contributed by atoms with E-state index >= 15 is 0 Å². The molecule has 0 aliphatic rings. The first-order valence-electron chi connectivity index (χ1n) is 8.55. The molecule has 0 atom stereocenters. The zero-order chi connectivity index (χ0) is 19.1. The quantitative estimate of drug-likeness (QED) is 0.478. The Labute approximate surface area is 166 Å². The third-order valence-electron chi connectivity index (χ3n) is 4.62. The van der Waals surface area contributed by atoms with Crippen LogP contribution in [0.5, 0.6) is 0 Å². The van der Waals surface area contributed by atoms with Crippen molar-refractivity contribution in [2.45, 2.75) is 20.4 Å². The number of aryl methyl sites for hydroxylation is 2. The molecule has 0 aliphatic carbocycles. The second-order valence-electron chi connectivity index (χ2n) is 6.53. The topological polar surface area (TPSA) is 39.8 Å². The van der Waals surface area contributed by atoms with Crippen LogP contribution in [-0.2, 0) is 6.54 Å². The van der Waals surface area contributed by atoms with Crippen LogP contribution >= 0.6 is 23.2 Å². The molecule has 2 aromatic carbocycles. The van der Waals surface area contributed by atoms with Crippen molar-refractivity contribution in [1.29, 1.82) is 0 Å². The maximum Gasteiger partial charge on any atom is 0.252 e. The highest BCUT2D eigenvalue weighted by molar-refractivity contribution is 6.42. The summed E-state index contributed by atoms with van der Waals surface area (Å²) >= 11 is 12.2.